The number of halogens is 5. The fourth-order valence-electron chi connectivity index (χ4n) is 2.00. The lowest BCUT2D eigenvalue weighted by atomic mass is 9.98. The van der Waals surface area contributed by atoms with Crippen molar-refractivity contribution in [2.24, 2.45) is 0 Å². The Labute approximate surface area is 108 Å². The zero-order valence-corrected chi connectivity index (χ0v) is 10.2. The van der Waals surface area contributed by atoms with E-state index >= 15 is 0 Å². The Morgan fingerprint density at radius 3 is 2.44 bits per heavy atom. The average molecular weight is 285 g/mol. The van der Waals surface area contributed by atoms with E-state index in [-0.39, 0.29) is 18.0 Å². The smallest absolute Gasteiger partial charge is 0.314 e. The van der Waals surface area contributed by atoms with Crippen molar-refractivity contribution in [1.82, 2.24) is 10.6 Å². The summed E-state index contributed by atoms with van der Waals surface area (Å²) in [5, 5.41) is 5.83. The van der Waals surface area contributed by atoms with Crippen LogP contribution in [-0.2, 0) is 6.18 Å². The van der Waals surface area contributed by atoms with E-state index < -0.39 is 23.6 Å². The first-order valence-corrected chi connectivity index (χ1v) is 5.30. The Kier molecular flexibility index (Phi) is 4.95. The molecule has 0 aromatic heterocycles. The molecular weight excluding hydrogens is 272 g/mol. The number of alkyl halides is 3. The first-order chi connectivity index (χ1) is 8.00. The summed E-state index contributed by atoms with van der Waals surface area (Å²) < 4.78 is 51.9. The molecule has 0 radical (unpaired) electrons. The van der Waals surface area contributed by atoms with Crippen molar-refractivity contribution in [3.8, 4) is 0 Å². The number of hydrogen-bond donors (Lipinski definition) is 2. The van der Waals surface area contributed by atoms with Crippen LogP contribution in [0, 0.1) is 5.82 Å². The van der Waals surface area contributed by atoms with Crippen molar-refractivity contribution in [3.05, 3.63) is 35.1 Å². The van der Waals surface area contributed by atoms with Crippen LogP contribution in [0.1, 0.15) is 17.2 Å². The van der Waals surface area contributed by atoms with Gasteiger partial charge in [0, 0.05) is 31.2 Å². The molecule has 0 bridgehead atoms. The van der Waals surface area contributed by atoms with Gasteiger partial charge in [-0.1, -0.05) is 6.07 Å². The lowest BCUT2D eigenvalue weighted by molar-refractivity contribution is -0.138. The van der Waals surface area contributed by atoms with E-state index in [2.05, 4.69) is 10.6 Å². The standard InChI is InChI=1S/C11H12F4N2.ClH/c12-8-3-1-2-7(11(13,14)15)10(8)9-6-16-4-5-17-9;/h1-3,9,16-17H,4-6H2;1H/t9-;/m0./s1. The molecule has 0 unspecified atom stereocenters. The minimum atomic E-state index is -4.53. The highest BCUT2D eigenvalue weighted by Gasteiger charge is 2.36. The molecule has 18 heavy (non-hydrogen) atoms. The molecule has 1 atom stereocenters. The monoisotopic (exact) mass is 284 g/mol. The van der Waals surface area contributed by atoms with Gasteiger partial charge in [0.25, 0.3) is 0 Å². The van der Waals surface area contributed by atoms with Crippen molar-refractivity contribution in [3.63, 3.8) is 0 Å². The second-order valence-electron chi connectivity index (χ2n) is 3.91. The Balaban J connectivity index is 0.00000162. The molecular formula is C11H13ClF4N2. The van der Waals surface area contributed by atoms with Crippen molar-refractivity contribution >= 4 is 12.4 Å². The van der Waals surface area contributed by atoms with E-state index in [1.165, 1.54) is 0 Å². The van der Waals surface area contributed by atoms with E-state index in [1.807, 2.05) is 0 Å². The minimum Gasteiger partial charge on any atom is -0.314 e. The van der Waals surface area contributed by atoms with Crippen molar-refractivity contribution < 1.29 is 17.6 Å². The van der Waals surface area contributed by atoms with Gasteiger partial charge in [-0.3, -0.25) is 0 Å². The third kappa shape index (κ3) is 3.13. The predicted octanol–water partition coefficient (Wildman–Crippen LogP) is 2.50. The largest absolute Gasteiger partial charge is 0.416 e. The summed E-state index contributed by atoms with van der Waals surface area (Å²) in [6, 6.07) is 2.41. The predicted molar refractivity (Wildman–Crippen MR) is 62.3 cm³/mol. The van der Waals surface area contributed by atoms with Gasteiger partial charge in [-0.25, -0.2) is 4.39 Å². The molecule has 1 aromatic carbocycles. The summed E-state index contributed by atoms with van der Waals surface area (Å²) in [5.41, 5.74) is -1.20. The molecule has 1 aliphatic heterocycles. The van der Waals surface area contributed by atoms with Gasteiger partial charge in [0.05, 0.1) is 5.56 Å². The van der Waals surface area contributed by atoms with Crippen LogP contribution in [0.15, 0.2) is 18.2 Å². The van der Waals surface area contributed by atoms with E-state index in [1.54, 1.807) is 0 Å². The zero-order chi connectivity index (χ0) is 12.5. The van der Waals surface area contributed by atoms with Gasteiger partial charge >= 0.3 is 6.18 Å². The van der Waals surface area contributed by atoms with E-state index in [9.17, 15) is 17.6 Å². The van der Waals surface area contributed by atoms with Gasteiger partial charge in [0.15, 0.2) is 0 Å². The summed E-state index contributed by atoms with van der Waals surface area (Å²) in [4.78, 5) is 0. The lowest BCUT2D eigenvalue weighted by Crippen LogP contribution is -2.43. The summed E-state index contributed by atoms with van der Waals surface area (Å²) in [6.07, 6.45) is -4.53. The Hall–Kier alpha value is -0.850. The van der Waals surface area contributed by atoms with Crippen molar-refractivity contribution in [1.29, 1.82) is 0 Å². The van der Waals surface area contributed by atoms with Crippen LogP contribution < -0.4 is 10.6 Å². The fourth-order valence-corrected chi connectivity index (χ4v) is 2.00. The van der Waals surface area contributed by atoms with Gasteiger partial charge < -0.3 is 10.6 Å². The third-order valence-electron chi connectivity index (χ3n) is 2.75. The van der Waals surface area contributed by atoms with Crippen LogP contribution in [0.5, 0.6) is 0 Å². The van der Waals surface area contributed by atoms with E-state index in [0.717, 1.165) is 18.2 Å². The molecule has 2 rings (SSSR count). The van der Waals surface area contributed by atoms with E-state index in [4.69, 9.17) is 0 Å². The second kappa shape index (κ2) is 5.86. The molecule has 102 valence electrons. The molecule has 0 amide bonds. The molecule has 0 saturated carbocycles. The normalized spacial score (nSPS) is 20.3. The van der Waals surface area contributed by atoms with Gasteiger partial charge in [-0.05, 0) is 12.1 Å². The molecule has 1 heterocycles. The summed E-state index contributed by atoms with van der Waals surface area (Å²) in [5.74, 6) is -0.818. The van der Waals surface area contributed by atoms with Gasteiger partial charge in [0.2, 0.25) is 0 Å². The molecule has 2 nitrogen and oxygen atoms in total. The number of rotatable bonds is 1. The summed E-state index contributed by atoms with van der Waals surface area (Å²) in [6.45, 7) is 1.49. The van der Waals surface area contributed by atoms with E-state index in [0.29, 0.717) is 19.6 Å². The van der Waals surface area contributed by atoms with Crippen LogP contribution in [0.25, 0.3) is 0 Å². The second-order valence-corrected chi connectivity index (χ2v) is 3.91. The van der Waals surface area contributed by atoms with Crippen LogP contribution >= 0.6 is 12.4 Å². The van der Waals surface area contributed by atoms with Crippen LogP contribution in [0.2, 0.25) is 0 Å². The highest BCUT2D eigenvalue weighted by atomic mass is 35.5. The van der Waals surface area contributed by atoms with Crippen molar-refractivity contribution in [2.75, 3.05) is 19.6 Å². The van der Waals surface area contributed by atoms with Gasteiger partial charge in [-0.2, -0.15) is 13.2 Å². The number of piperazine rings is 1. The maximum absolute atomic E-state index is 13.6. The van der Waals surface area contributed by atoms with Crippen LogP contribution in [0.3, 0.4) is 0 Å². The third-order valence-corrected chi connectivity index (χ3v) is 2.75. The first-order valence-electron chi connectivity index (χ1n) is 5.30. The number of hydrogen-bond acceptors (Lipinski definition) is 2. The molecule has 1 aliphatic rings. The summed E-state index contributed by atoms with van der Waals surface area (Å²) >= 11 is 0. The number of benzene rings is 1. The molecule has 0 aliphatic carbocycles. The molecule has 1 fully saturated rings. The number of nitrogens with one attached hydrogen (secondary N) is 2. The fraction of sp³-hybridized carbons (Fsp3) is 0.455. The van der Waals surface area contributed by atoms with Gasteiger partial charge in [0.1, 0.15) is 5.82 Å². The minimum absolute atomic E-state index is 0. The molecule has 0 spiro atoms. The van der Waals surface area contributed by atoms with Gasteiger partial charge in [-0.15, -0.1) is 12.4 Å². The highest BCUT2D eigenvalue weighted by molar-refractivity contribution is 5.85. The Morgan fingerprint density at radius 2 is 1.89 bits per heavy atom. The molecule has 1 aromatic rings. The topological polar surface area (TPSA) is 24.1 Å². The maximum Gasteiger partial charge on any atom is 0.416 e. The highest BCUT2D eigenvalue weighted by Crippen LogP contribution is 2.35. The lowest BCUT2D eigenvalue weighted by Gasteiger charge is -2.27. The average Bonchev–Trinajstić information content (AvgIpc) is 2.28. The van der Waals surface area contributed by atoms with Crippen molar-refractivity contribution in [2.45, 2.75) is 12.2 Å². The molecule has 1 saturated heterocycles. The van der Waals surface area contributed by atoms with Crippen LogP contribution in [-0.4, -0.2) is 19.6 Å². The quantitative estimate of drug-likeness (QED) is 0.774. The van der Waals surface area contributed by atoms with Crippen LogP contribution in [0.4, 0.5) is 17.6 Å². The SMILES string of the molecule is Cl.Fc1cccc(C(F)(F)F)c1[C@@H]1CNCCN1. The molecule has 7 heteroatoms. The molecule has 2 N–H and O–H groups in total. The Bertz CT molecular complexity index is 403. The summed E-state index contributed by atoms with van der Waals surface area (Å²) in [7, 11) is 0. The maximum atomic E-state index is 13.6. The zero-order valence-electron chi connectivity index (χ0n) is 9.35. The Morgan fingerprint density at radius 1 is 1.17 bits per heavy atom. The first kappa shape index (κ1) is 15.2.